The van der Waals surface area contributed by atoms with Gasteiger partial charge in [0, 0.05) is 18.2 Å². The molecule has 0 bridgehead atoms. The first-order valence-corrected chi connectivity index (χ1v) is 8.73. The fourth-order valence-corrected chi connectivity index (χ4v) is 3.74. The van der Waals surface area contributed by atoms with Gasteiger partial charge in [-0.15, -0.1) is 0 Å². The monoisotopic (exact) mass is 351 g/mol. The van der Waals surface area contributed by atoms with E-state index < -0.39 is 21.4 Å². The number of sulfonamides is 1. The zero-order valence-corrected chi connectivity index (χ0v) is 14.1. The molecule has 0 radical (unpaired) electrons. The highest BCUT2D eigenvalue weighted by atomic mass is 35.5. The van der Waals surface area contributed by atoms with Gasteiger partial charge in [0.2, 0.25) is 10.0 Å². The molecule has 0 unspecified atom stereocenters. The summed E-state index contributed by atoms with van der Waals surface area (Å²) in [5.41, 5.74) is 0.351. The molecule has 0 aliphatic rings. The van der Waals surface area contributed by atoms with E-state index in [1.54, 1.807) is 18.4 Å². The van der Waals surface area contributed by atoms with Gasteiger partial charge in [-0.1, -0.05) is 11.6 Å². The molecule has 9 heteroatoms. The minimum absolute atomic E-state index is 0.000536. The van der Waals surface area contributed by atoms with Gasteiger partial charge < -0.3 is 9.55 Å². The van der Waals surface area contributed by atoms with E-state index in [1.807, 2.05) is 0 Å². The standard InChI is InChI=1S/C12H15ClFN3O2S2/c1-12(2,16-21(3,18)19)6-17-10-5-8(14)7(13)4-9(10)15-11(17)20/h4-5,16H,6H2,1-3H3,(H,15,20). The lowest BCUT2D eigenvalue weighted by molar-refractivity contribution is 0.394. The largest absolute Gasteiger partial charge is 0.331 e. The lowest BCUT2D eigenvalue weighted by Crippen LogP contribution is -2.46. The van der Waals surface area contributed by atoms with Crippen LogP contribution in [0.3, 0.4) is 0 Å². The Balaban J connectivity index is 2.50. The molecule has 1 aromatic heterocycles. The van der Waals surface area contributed by atoms with Gasteiger partial charge in [0.05, 0.1) is 22.3 Å². The Morgan fingerprint density at radius 1 is 1.48 bits per heavy atom. The van der Waals surface area contributed by atoms with Crippen LogP contribution in [0.1, 0.15) is 13.8 Å². The summed E-state index contributed by atoms with van der Waals surface area (Å²) in [6.07, 6.45) is 1.09. The van der Waals surface area contributed by atoms with Crippen LogP contribution in [-0.4, -0.2) is 29.8 Å². The molecular weight excluding hydrogens is 337 g/mol. The fourth-order valence-electron chi connectivity index (χ4n) is 2.24. The van der Waals surface area contributed by atoms with Crippen LogP contribution >= 0.6 is 23.8 Å². The van der Waals surface area contributed by atoms with Crippen LogP contribution in [0.5, 0.6) is 0 Å². The molecule has 0 amide bonds. The number of nitrogens with zero attached hydrogens (tertiary/aromatic N) is 1. The number of hydrogen-bond donors (Lipinski definition) is 2. The van der Waals surface area contributed by atoms with Crippen molar-refractivity contribution >= 4 is 44.9 Å². The number of H-pyrrole nitrogens is 1. The second-order valence-corrected chi connectivity index (χ2v) is 8.10. The number of hydrogen-bond acceptors (Lipinski definition) is 3. The van der Waals surface area contributed by atoms with Crippen molar-refractivity contribution in [1.82, 2.24) is 14.3 Å². The normalized spacial score (nSPS) is 13.0. The van der Waals surface area contributed by atoms with E-state index in [1.165, 1.54) is 12.1 Å². The molecule has 1 heterocycles. The molecule has 1 aromatic carbocycles. The number of aromatic nitrogens is 2. The van der Waals surface area contributed by atoms with Gasteiger partial charge in [-0.3, -0.25) is 0 Å². The average Bonchev–Trinajstić information content (AvgIpc) is 2.53. The maximum Gasteiger partial charge on any atom is 0.209 e. The highest BCUT2D eigenvalue weighted by Gasteiger charge is 2.24. The quantitative estimate of drug-likeness (QED) is 0.832. The molecule has 2 N–H and O–H groups in total. The molecule has 0 saturated heterocycles. The predicted octanol–water partition coefficient (Wildman–Crippen LogP) is 2.82. The van der Waals surface area contributed by atoms with Crippen LogP contribution in [-0.2, 0) is 16.6 Å². The molecule has 0 aliphatic carbocycles. The Labute approximate surface area is 132 Å². The zero-order chi connectivity index (χ0) is 16.0. The van der Waals surface area contributed by atoms with Gasteiger partial charge in [-0.25, -0.2) is 17.5 Å². The van der Waals surface area contributed by atoms with Gasteiger partial charge in [0.15, 0.2) is 4.77 Å². The summed E-state index contributed by atoms with van der Waals surface area (Å²) in [6.45, 7) is 3.70. The summed E-state index contributed by atoms with van der Waals surface area (Å²) in [4.78, 5) is 2.93. The van der Waals surface area contributed by atoms with Crippen molar-refractivity contribution in [3.05, 3.63) is 27.7 Å². The number of rotatable bonds is 4. The van der Waals surface area contributed by atoms with Gasteiger partial charge in [-0.05, 0) is 32.1 Å². The molecule has 0 aliphatic heterocycles. The molecule has 0 saturated carbocycles. The molecule has 5 nitrogen and oxygen atoms in total. The number of nitrogens with one attached hydrogen (secondary N) is 2. The second kappa shape index (κ2) is 5.35. The van der Waals surface area contributed by atoms with Gasteiger partial charge in [0.1, 0.15) is 5.82 Å². The van der Waals surface area contributed by atoms with E-state index in [2.05, 4.69) is 9.71 Å². The number of halogens is 2. The number of aromatic amines is 1. The van der Waals surface area contributed by atoms with Crippen molar-refractivity contribution in [1.29, 1.82) is 0 Å². The smallest absolute Gasteiger partial charge is 0.209 e. The third kappa shape index (κ3) is 3.82. The fraction of sp³-hybridized carbons (Fsp3) is 0.417. The number of benzene rings is 1. The molecule has 116 valence electrons. The minimum Gasteiger partial charge on any atom is -0.331 e. The second-order valence-electron chi connectivity index (χ2n) is 5.56. The maximum atomic E-state index is 13.6. The first-order chi connectivity index (χ1) is 9.48. The van der Waals surface area contributed by atoms with Crippen molar-refractivity contribution in [2.75, 3.05) is 6.26 Å². The van der Waals surface area contributed by atoms with E-state index in [0.717, 1.165) is 6.26 Å². The number of imidazole rings is 1. The van der Waals surface area contributed by atoms with Crippen molar-refractivity contribution < 1.29 is 12.8 Å². The highest BCUT2D eigenvalue weighted by Crippen LogP contribution is 2.24. The van der Waals surface area contributed by atoms with Gasteiger partial charge in [0.25, 0.3) is 0 Å². The molecule has 21 heavy (non-hydrogen) atoms. The van der Waals surface area contributed by atoms with E-state index in [-0.39, 0.29) is 11.6 Å². The average molecular weight is 352 g/mol. The lowest BCUT2D eigenvalue weighted by atomic mass is 10.1. The number of fused-ring (bicyclic) bond motifs is 1. The predicted molar refractivity (Wildman–Crippen MR) is 84.1 cm³/mol. The van der Waals surface area contributed by atoms with Crippen LogP contribution in [0.4, 0.5) is 4.39 Å². The molecule has 2 aromatic rings. The van der Waals surface area contributed by atoms with Crippen LogP contribution in [0.15, 0.2) is 12.1 Å². The molecule has 0 spiro atoms. The first kappa shape index (κ1) is 16.4. The Bertz CT molecular complexity index is 855. The topological polar surface area (TPSA) is 66.9 Å². The lowest BCUT2D eigenvalue weighted by Gasteiger charge is -2.25. The van der Waals surface area contributed by atoms with Crippen LogP contribution in [0.25, 0.3) is 11.0 Å². The third-order valence-corrected chi connectivity index (χ3v) is 4.37. The Hall–Kier alpha value is -0.960. The first-order valence-electron chi connectivity index (χ1n) is 6.05. The van der Waals surface area contributed by atoms with Gasteiger partial charge >= 0.3 is 0 Å². The molecule has 0 fully saturated rings. The van der Waals surface area contributed by atoms with E-state index >= 15 is 0 Å². The Morgan fingerprint density at radius 3 is 2.67 bits per heavy atom. The Morgan fingerprint density at radius 2 is 2.10 bits per heavy atom. The summed E-state index contributed by atoms with van der Waals surface area (Å²) in [5.74, 6) is -0.555. The van der Waals surface area contributed by atoms with E-state index in [0.29, 0.717) is 15.8 Å². The summed E-state index contributed by atoms with van der Waals surface area (Å²) in [5, 5.41) is -0.000536. The van der Waals surface area contributed by atoms with Crippen molar-refractivity contribution in [3.8, 4) is 0 Å². The van der Waals surface area contributed by atoms with E-state index in [9.17, 15) is 12.8 Å². The Kier molecular flexibility index (Phi) is 4.18. The van der Waals surface area contributed by atoms with Crippen LogP contribution in [0, 0.1) is 10.6 Å². The minimum atomic E-state index is -3.37. The zero-order valence-electron chi connectivity index (χ0n) is 11.7. The molecule has 2 rings (SSSR count). The summed E-state index contributed by atoms with van der Waals surface area (Å²) >= 11 is 11.0. The maximum absolute atomic E-state index is 13.6. The SMILES string of the molecule is CC(C)(Cn1c(=S)[nH]c2cc(Cl)c(F)cc21)NS(C)(=O)=O. The van der Waals surface area contributed by atoms with Crippen molar-refractivity contribution in [2.45, 2.75) is 25.9 Å². The third-order valence-electron chi connectivity index (χ3n) is 2.83. The van der Waals surface area contributed by atoms with Crippen molar-refractivity contribution in [2.24, 2.45) is 0 Å². The molecule has 0 atom stereocenters. The summed E-state index contributed by atoms with van der Waals surface area (Å²) in [6, 6.07) is 2.73. The summed E-state index contributed by atoms with van der Waals surface area (Å²) < 4.78 is 41.0. The van der Waals surface area contributed by atoms with Crippen LogP contribution in [0.2, 0.25) is 5.02 Å². The summed E-state index contributed by atoms with van der Waals surface area (Å²) in [7, 11) is -3.37. The van der Waals surface area contributed by atoms with Gasteiger partial charge in [-0.2, -0.15) is 0 Å². The highest BCUT2D eigenvalue weighted by molar-refractivity contribution is 7.88. The molecular formula is C12H15ClFN3O2S2. The van der Waals surface area contributed by atoms with Crippen molar-refractivity contribution in [3.63, 3.8) is 0 Å². The van der Waals surface area contributed by atoms with E-state index in [4.69, 9.17) is 23.8 Å². The van der Waals surface area contributed by atoms with Crippen LogP contribution < -0.4 is 4.72 Å².